The normalized spacial score (nSPS) is 10.8. The van der Waals surface area contributed by atoms with Crippen LogP contribution in [0, 0.1) is 5.82 Å². The third kappa shape index (κ3) is 3.25. The monoisotopic (exact) mass is 365 g/mol. The number of carboxylic acid groups (broad SMARTS) is 1. The summed E-state index contributed by atoms with van der Waals surface area (Å²) < 4.78 is 14.6. The summed E-state index contributed by atoms with van der Waals surface area (Å²) in [6.45, 7) is 0.140. The number of hydrogen-bond donors (Lipinski definition) is 1. The predicted molar refractivity (Wildman–Crippen MR) is 87.9 cm³/mol. The number of nitrogens with zero attached hydrogens (tertiary/aromatic N) is 3. The third-order valence-corrected chi connectivity index (χ3v) is 3.96. The van der Waals surface area contributed by atoms with Gasteiger partial charge in [-0.3, -0.25) is 0 Å². The van der Waals surface area contributed by atoms with Crippen molar-refractivity contribution in [3.05, 3.63) is 69.6 Å². The standard InChI is InChI=1S/C16H10Cl2FN3O2/c17-11-3-1-2-9(6-11)15-14(16(23)24)20-21-22(15)8-10-4-5-12(19)7-13(10)18/h1-7H,8H2,(H,23,24). The smallest absolute Gasteiger partial charge is 0.358 e. The molecule has 0 aliphatic carbocycles. The molecular formula is C16H10Cl2FN3O2. The van der Waals surface area contributed by atoms with E-state index in [1.807, 2.05) is 0 Å². The minimum atomic E-state index is -1.21. The molecule has 24 heavy (non-hydrogen) atoms. The van der Waals surface area contributed by atoms with Crippen LogP contribution in [-0.2, 0) is 6.54 Å². The average molecular weight is 366 g/mol. The Morgan fingerprint density at radius 3 is 2.67 bits per heavy atom. The van der Waals surface area contributed by atoms with Crippen molar-refractivity contribution in [1.82, 2.24) is 15.0 Å². The molecule has 0 radical (unpaired) electrons. The fourth-order valence-electron chi connectivity index (χ4n) is 2.30. The molecule has 1 N–H and O–H groups in total. The van der Waals surface area contributed by atoms with E-state index in [4.69, 9.17) is 23.2 Å². The first kappa shape index (κ1) is 16.4. The Labute approximate surface area is 146 Å². The minimum absolute atomic E-state index is 0.140. The summed E-state index contributed by atoms with van der Waals surface area (Å²) in [4.78, 5) is 11.4. The zero-order valence-electron chi connectivity index (χ0n) is 12.1. The Balaban J connectivity index is 2.10. The van der Waals surface area contributed by atoms with Gasteiger partial charge in [-0.2, -0.15) is 0 Å². The first-order valence-corrected chi connectivity index (χ1v) is 7.58. The molecule has 1 aromatic heterocycles. The van der Waals surface area contributed by atoms with Crippen molar-refractivity contribution in [3.63, 3.8) is 0 Å². The van der Waals surface area contributed by atoms with Gasteiger partial charge in [0.2, 0.25) is 0 Å². The molecule has 0 saturated heterocycles. The van der Waals surface area contributed by atoms with E-state index < -0.39 is 11.8 Å². The number of hydrogen-bond acceptors (Lipinski definition) is 3. The van der Waals surface area contributed by atoms with Crippen molar-refractivity contribution in [1.29, 1.82) is 0 Å². The number of halogens is 3. The summed E-state index contributed by atoms with van der Waals surface area (Å²) in [5.74, 6) is -1.66. The van der Waals surface area contributed by atoms with Gasteiger partial charge in [0.15, 0.2) is 5.69 Å². The molecule has 0 unspecified atom stereocenters. The quantitative estimate of drug-likeness (QED) is 0.754. The molecule has 122 valence electrons. The summed E-state index contributed by atoms with van der Waals surface area (Å²) in [6.07, 6.45) is 0. The van der Waals surface area contributed by atoms with E-state index in [9.17, 15) is 14.3 Å². The fourth-order valence-corrected chi connectivity index (χ4v) is 2.72. The van der Waals surface area contributed by atoms with E-state index in [0.717, 1.165) is 0 Å². The van der Waals surface area contributed by atoms with Crippen LogP contribution < -0.4 is 0 Å². The highest BCUT2D eigenvalue weighted by atomic mass is 35.5. The second-order valence-electron chi connectivity index (χ2n) is 5.00. The van der Waals surface area contributed by atoms with Crippen molar-refractivity contribution in [2.24, 2.45) is 0 Å². The average Bonchev–Trinajstić information content (AvgIpc) is 2.94. The van der Waals surface area contributed by atoms with Gasteiger partial charge in [0, 0.05) is 15.6 Å². The van der Waals surface area contributed by atoms with Crippen LogP contribution in [0.15, 0.2) is 42.5 Å². The largest absolute Gasteiger partial charge is 0.476 e. The van der Waals surface area contributed by atoms with Crippen LogP contribution in [0.2, 0.25) is 10.0 Å². The lowest BCUT2D eigenvalue weighted by Gasteiger charge is -2.09. The number of aromatic nitrogens is 3. The van der Waals surface area contributed by atoms with Crippen molar-refractivity contribution in [2.45, 2.75) is 6.54 Å². The summed E-state index contributed by atoms with van der Waals surface area (Å²) in [6, 6.07) is 10.7. The van der Waals surface area contributed by atoms with Gasteiger partial charge in [0.05, 0.1) is 6.54 Å². The molecule has 3 rings (SSSR count). The first-order valence-electron chi connectivity index (χ1n) is 6.82. The van der Waals surface area contributed by atoms with Gasteiger partial charge in [0.1, 0.15) is 11.5 Å². The van der Waals surface area contributed by atoms with E-state index in [1.54, 1.807) is 24.3 Å². The van der Waals surface area contributed by atoms with Crippen LogP contribution in [-0.4, -0.2) is 26.1 Å². The van der Waals surface area contributed by atoms with Gasteiger partial charge in [-0.25, -0.2) is 13.9 Å². The number of aromatic carboxylic acids is 1. The molecule has 5 nitrogen and oxygen atoms in total. The summed E-state index contributed by atoms with van der Waals surface area (Å²) in [7, 11) is 0. The molecule has 0 spiro atoms. The highest BCUT2D eigenvalue weighted by molar-refractivity contribution is 6.31. The lowest BCUT2D eigenvalue weighted by atomic mass is 10.1. The molecule has 1 heterocycles. The van der Waals surface area contributed by atoms with E-state index in [0.29, 0.717) is 21.8 Å². The van der Waals surface area contributed by atoms with Crippen LogP contribution in [0.25, 0.3) is 11.3 Å². The molecule has 0 aliphatic heterocycles. The Morgan fingerprint density at radius 1 is 1.21 bits per heavy atom. The van der Waals surface area contributed by atoms with E-state index in [1.165, 1.54) is 22.9 Å². The highest BCUT2D eigenvalue weighted by Gasteiger charge is 2.21. The van der Waals surface area contributed by atoms with Crippen molar-refractivity contribution >= 4 is 29.2 Å². The number of rotatable bonds is 4. The lowest BCUT2D eigenvalue weighted by molar-refractivity contribution is 0.0691. The summed E-state index contributed by atoms with van der Waals surface area (Å²) in [5, 5.41) is 17.6. The molecule has 2 aromatic carbocycles. The summed E-state index contributed by atoms with van der Waals surface area (Å²) in [5.41, 5.74) is 1.24. The SMILES string of the molecule is O=C(O)c1nnn(Cc2ccc(F)cc2Cl)c1-c1cccc(Cl)c1. The Bertz CT molecular complexity index is 927. The second-order valence-corrected chi connectivity index (χ2v) is 5.84. The first-order chi connectivity index (χ1) is 11.5. The van der Waals surface area contributed by atoms with Crippen LogP contribution in [0.5, 0.6) is 0 Å². The van der Waals surface area contributed by atoms with Gasteiger partial charge in [-0.05, 0) is 29.8 Å². The number of carboxylic acids is 1. The van der Waals surface area contributed by atoms with Gasteiger partial charge in [-0.15, -0.1) is 5.10 Å². The number of benzene rings is 2. The Morgan fingerprint density at radius 2 is 2.00 bits per heavy atom. The van der Waals surface area contributed by atoms with Gasteiger partial charge in [0.25, 0.3) is 0 Å². The summed E-state index contributed by atoms with van der Waals surface area (Å²) >= 11 is 12.0. The molecule has 3 aromatic rings. The molecule has 0 bridgehead atoms. The maximum Gasteiger partial charge on any atom is 0.358 e. The minimum Gasteiger partial charge on any atom is -0.476 e. The maximum absolute atomic E-state index is 13.2. The Kier molecular flexibility index (Phi) is 4.51. The predicted octanol–water partition coefficient (Wildman–Crippen LogP) is 4.14. The van der Waals surface area contributed by atoms with Crippen molar-refractivity contribution < 1.29 is 14.3 Å². The zero-order valence-corrected chi connectivity index (χ0v) is 13.6. The third-order valence-electron chi connectivity index (χ3n) is 3.37. The van der Waals surface area contributed by atoms with Crippen LogP contribution >= 0.6 is 23.2 Å². The Hall–Kier alpha value is -2.44. The van der Waals surface area contributed by atoms with E-state index >= 15 is 0 Å². The van der Waals surface area contributed by atoms with E-state index in [2.05, 4.69) is 10.3 Å². The molecule has 0 atom stereocenters. The lowest BCUT2D eigenvalue weighted by Crippen LogP contribution is -2.06. The van der Waals surface area contributed by atoms with Crippen molar-refractivity contribution in [2.75, 3.05) is 0 Å². The van der Waals surface area contributed by atoms with Crippen LogP contribution in [0.3, 0.4) is 0 Å². The van der Waals surface area contributed by atoms with Gasteiger partial charge >= 0.3 is 5.97 Å². The van der Waals surface area contributed by atoms with Gasteiger partial charge in [-0.1, -0.05) is 46.6 Å². The molecule has 0 aliphatic rings. The van der Waals surface area contributed by atoms with E-state index in [-0.39, 0.29) is 17.3 Å². The molecule has 0 amide bonds. The number of carbonyl (C=O) groups is 1. The molecule has 0 fully saturated rings. The highest BCUT2D eigenvalue weighted by Crippen LogP contribution is 2.27. The zero-order chi connectivity index (χ0) is 17.3. The molecular weight excluding hydrogens is 356 g/mol. The molecule has 8 heteroatoms. The maximum atomic E-state index is 13.2. The molecule has 0 saturated carbocycles. The van der Waals surface area contributed by atoms with Crippen molar-refractivity contribution in [3.8, 4) is 11.3 Å². The van der Waals surface area contributed by atoms with Gasteiger partial charge < -0.3 is 5.11 Å². The second kappa shape index (κ2) is 6.59. The fraction of sp³-hybridized carbons (Fsp3) is 0.0625. The topological polar surface area (TPSA) is 68.0 Å². The van der Waals surface area contributed by atoms with Crippen LogP contribution in [0.4, 0.5) is 4.39 Å². The van der Waals surface area contributed by atoms with Crippen LogP contribution in [0.1, 0.15) is 16.1 Å².